The fourth-order valence-corrected chi connectivity index (χ4v) is 3.97. The number of nitrogens with zero attached hydrogens (tertiary/aromatic N) is 1. The van der Waals surface area contributed by atoms with E-state index in [1.807, 2.05) is 11.6 Å². The van der Waals surface area contributed by atoms with Crippen molar-refractivity contribution in [1.29, 1.82) is 0 Å². The molecule has 0 aliphatic rings. The largest absolute Gasteiger partial charge is 0.385 e. The average molecular weight is 370 g/mol. The molecule has 134 valence electrons. The Morgan fingerprint density at radius 2 is 1.83 bits per heavy atom. The highest BCUT2D eigenvalue weighted by Crippen LogP contribution is 2.27. The van der Waals surface area contributed by atoms with Crippen LogP contribution in [0.15, 0.2) is 17.6 Å². The van der Waals surface area contributed by atoms with E-state index in [1.54, 1.807) is 32.1 Å². The summed E-state index contributed by atoms with van der Waals surface area (Å²) in [5, 5.41) is 3.47. The molecule has 7 heteroatoms. The number of hydrogen-bond donors (Lipinski definition) is 2. The molecule has 1 aromatic heterocycles. The van der Waals surface area contributed by atoms with Gasteiger partial charge in [0.05, 0.1) is 20.5 Å². The number of aromatic nitrogens is 1. The van der Waals surface area contributed by atoms with E-state index in [9.17, 15) is 8.42 Å². The molecule has 0 fully saturated rings. The molecule has 0 amide bonds. The topological polar surface area (TPSA) is 71.1 Å². The van der Waals surface area contributed by atoms with E-state index in [2.05, 4.69) is 28.0 Å². The molecule has 0 unspecified atom stereocenters. The summed E-state index contributed by atoms with van der Waals surface area (Å²) in [5.41, 5.74) is 5.32. The maximum absolute atomic E-state index is 11.9. The number of benzene rings is 1. The zero-order valence-corrected chi connectivity index (χ0v) is 16.5. The van der Waals surface area contributed by atoms with Crippen molar-refractivity contribution in [3.8, 4) is 0 Å². The van der Waals surface area contributed by atoms with E-state index in [4.69, 9.17) is 0 Å². The molecule has 2 N–H and O–H groups in total. The van der Waals surface area contributed by atoms with Gasteiger partial charge in [0.25, 0.3) is 0 Å². The number of aryl methyl sites for hydroxylation is 1. The minimum Gasteiger partial charge on any atom is -0.385 e. The summed E-state index contributed by atoms with van der Waals surface area (Å²) in [7, 11) is -3.22. The summed E-state index contributed by atoms with van der Waals surface area (Å²) in [6.45, 7) is 8.64. The molecule has 0 bridgehead atoms. The van der Waals surface area contributed by atoms with Crippen LogP contribution in [-0.4, -0.2) is 31.2 Å². The first-order valence-electron chi connectivity index (χ1n) is 8.28. The van der Waals surface area contributed by atoms with Crippen LogP contribution in [-0.2, 0) is 10.0 Å². The third kappa shape index (κ3) is 4.68. The minimum absolute atomic E-state index is 0.505. The Hall–Kier alpha value is -1.18. The Bertz CT molecular complexity index is 777. The molecule has 1 heterocycles. The highest BCUT2D eigenvalue weighted by Gasteiger charge is 2.27. The quantitative estimate of drug-likeness (QED) is 0.692. The van der Waals surface area contributed by atoms with Gasteiger partial charge >= 0.3 is 0 Å². The summed E-state index contributed by atoms with van der Waals surface area (Å²) in [6, 6.07) is 4.12. The Morgan fingerprint density at radius 1 is 1.12 bits per heavy atom. The molecule has 0 atom stereocenters. The lowest BCUT2D eigenvalue weighted by molar-refractivity contribution is 0.540. The van der Waals surface area contributed by atoms with Crippen molar-refractivity contribution < 1.29 is 8.42 Å². The highest BCUT2D eigenvalue weighted by atomic mass is 32.2. The highest BCUT2D eigenvalue weighted by molar-refractivity contribution is 7.90. The van der Waals surface area contributed by atoms with Crippen LogP contribution < -0.4 is 10.0 Å². The number of nitrogens with one attached hydrogen (secondary N) is 2. The standard InChI is InChI=1S/C17H27N3O2S2/c1-13-14(8-9-15-16(13)23-12-19-15)18-10-6-5-7-11-20-24(21,22)17(2,3)4/h8-9,12,18,20H,5-7,10-11H2,1-4H3. The monoisotopic (exact) mass is 369 g/mol. The second-order valence-electron chi connectivity index (χ2n) is 6.94. The number of sulfonamides is 1. The van der Waals surface area contributed by atoms with Crippen LogP contribution in [0.4, 0.5) is 5.69 Å². The summed E-state index contributed by atoms with van der Waals surface area (Å²) in [5.74, 6) is 0. The molecule has 0 radical (unpaired) electrons. The van der Waals surface area contributed by atoms with E-state index in [0.717, 1.165) is 37.0 Å². The van der Waals surface area contributed by atoms with Gasteiger partial charge in [-0.05, 0) is 58.2 Å². The van der Waals surface area contributed by atoms with Gasteiger partial charge in [0.2, 0.25) is 10.0 Å². The molecule has 2 aromatic rings. The first-order chi connectivity index (χ1) is 11.2. The van der Waals surface area contributed by atoms with Crippen LogP contribution in [0.5, 0.6) is 0 Å². The van der Waals surface area contributed by atoms with Gasteiger partial charge in [-0.3, -0.25) is 0 Å². The molecular weight excluding hydrogens is 342 g/mol. The first-order valence-corrected chi connectivity index (χ1v) is 10.6. The lowest BCUT2D eigenvalue weighted by Crippen LogP contribution is -2.39. The van der Waals surface area contributed by atoms with Gasteiger partial charge in [0.1, 0.15) is 0 Å². The SMILES string of the molecule is Cc1c(NCCCCCNS(=O)(=O)C(C)(C)C)ccc2ncsc12. The Labute approximate surface area is 148 Å². The van der Waals surface area contributed by atoms with Gasteiger partial charge in [0, 0.05) is 18.8 Å². The second kappa shape index (κ2) is 7.80. The number of unbranched alkanes of at least 4 members (excludes halogenated alkanes) is 2. The van der Waals surface area contributed by atoms with Crippen LogP contribution in [0, 0.1) is 6.92 Å². The molecule has 0 aliphatic heterocycles. The predicted octanol–water partition coefficient (Wildman–Crippen LogP) is 3.90. The Balaban J connectivity index is 1.69. The number of anilines is 1. The van der Waals surface area contributed by atoms with Crippen molar-refractivity contribution in [2.75, 3.05) is 18.4 Å². The summed E-state index contributed by atoms with van der Waals surface area (Å²) in [6.07, 6.45) is 2.85. The van der Waals surface area contributed by atoms with Gasteiger partial charge in [-0.15, -0.1) is 11.3 Å². The van der Waals surface area contributed by atoms with Crippen LogP contribution in [0.25, 0.3) is 10.2 Å². The van der Waals surface area contributed by atoms with Crippen LogP contribution in [0.2, 0.25) is 0 Å². The van der Waals surface area contributed by atoms with Gasteiger partial charge in [-0.25, -0.2) is 18.1 Å². The minimum atomic E-state index is -3.22. The number of rotatable bonds is 8. The van der Waals surface area contributed by atoms with Gasteiger partial charge in [-0.1, -0.05) is 6.42 Å². The molecule has 1 aromatic carbocycles. The Morgan fingerprint density at radius 3 is 2.54 bits per heavy atom. The van der Waals surface area contributed by atoms with Crippen molar-refractivity contribution in [3.63, 3.8) is 0 Å². The number of fused-ring (bicyclic) bond motifs is 1. The average Bonchev–Trinajstić information content (AvgIpc) is 2.96. The maximum Gasteiger partial charge on any atom is 0.216 e. The zero-order valence-electron chi connectivity index (χ0n) is 14.8. The van der Waals surface area contributed by atoms with Crippen LogP contribution in [0.3, 0.4) is 0 Å². The summed E-state index contributed by atoms with van der Waals surface area (Å²) < 4.78 is 27.0. The van der Waals surface area contributed by atoms with Gasteiger partial charge in [-0.2, -0.15) is 0 Å². The molecule has 0 saturated carbocycles. The van der Waals surface area contributed by atoms with E-state index in [0.29, 0.717) is 6.54 Å². The smallest absolute Gasteiger partial charge is 0.216 e. The van der Waals surface area contributed by atoms with Gasteiger partial charge in [0.15, 0.2) is 0 Å². The van der Waals surface area contributed by atoms with E-state index < -0.39 is 14.8 Å². The van der Waals surface area contributed by atoms with Gasteiger partial charge < -0.3 is 5.32 Å². The predicted molar refractivity (Wildman–Crippen MR) is 103 cm³/mol. The third-order valence-corrected chi connectivity index (χ3v) is 7.17. The summed E-state index contributed by atoms with van der Waals surface area (Å²) >= 11 is 1.67. The van der Waals surface area contributed by atoms with Crippen molar-refractivity contribution in [2.45, 2.75) is 51.7 Å². The first kappa shape index (κ1) is 19.1. The maximum atomic E-state index is 11.9. The normalized spacial score (nSPS) is 12.7. The Kier molecular flexibility index (Phi) is 6.22. The second-order valence-corrected chi connectivity index (χ2v) is 10.3. The molecule has 24 heavy (non-hydrogen) atoms. The van der Waals surface area contributed by atoms with E-state index >= 15 is 0 Å². The third-order valence-electron chi connectivity index (χ3n) is 4.01. The van der Waals surface area contributed by atoms with Crippen molar-refractivity contribution in [2.24, 2.45) is 0 Å². The fourth-order valence-electron chi connectivity index (χ4n) is 2.33. The molecule has 0 saturated heterocycles. The zero-order chi connectivity index (χ0) is 17.8. The van der Waals surface area contributed by atoms with Crippen LogP contribution >= 0.6 is 11.3 Å². The van der Waals surface area contributed by atoms with Crippen molar-refractivity contribution >= 4 is 37.3 Å². The number of hydrogen-bond acceptors (Lipinski definition) is 5. The lowest BCUT2D eigenvalue weighted by atomic mass is 10.1. The van der Waals surface area contributed by atoms with E-state index in [-0.39, 0.29) is 0 Å². The van der Waals surface area contributed by atoms with Crippen LogP contribution in [0.1, 0.15) is 45.6 Å². The number of thiazole rings is 1. The molecule has 2 rings (SSSR count). The fraction of sp³-hybridized carbons (Fsp3) is 0.588. The molecule has 0 spiro atoms. The van der Waals surface area contributed by atoms with Crippen molar-refractivity contribution in [3.05, 3.63) is 23.2 Å². The van der Waals surface area contributed by atoms with Crippen molar-refractivity contribution in [1.82, 2.24) is 9.71 Å². The summed E-state index contributed by atoms with van der Waals surface area (Å²) in [4.78, 5) is 4.32. The molecule has 0 aliphatic carbocycles. The lowest BCUT2D eigenvalue weighted by Gasteiger charge is -2.19. The molecule has 5 nitrogen and oxygen atoms in total. The molecular formula is C17H27N3O2S2. The van der Waals surface area contributed by atoms with E-state index in [1.165, 1.54) is 10.3 Å².